The van der Waals surface area contributed by atoms with Crippen LogP contribution in [0.1, 0.15) is 25.0 Å². The van der Waals surface area contributed by atoms with Crippen LogP contribution in [0.5, 0.6) is 0 Å². The number of hydrogen-bond acceptors (Lipinski definition) is 4. The van der Waals surface area contributed by atoms with Gasteiger partial charge in [-0.25, -0.2) is 14.3 Å². The highest BCUT2D eigenvalue weighted by Gasteiger charge is 2.42. The van der Waals surface area contributed by atoms with Crippen molar-refractivity contribution in [3.05, 3.63) is 65.5 Å². The quantitative estimate of drug-likeness (QED) is 0.808. The Hall–Kier alpha value is -2.47. The zero-order valence-corrected chi connectivity index (χ0v) is 15.3. The van der Waals surface area contributed by atoms with Gasteiger partial charge in [0.25, 0.3) is 5.91 Å². The Balaban J connectivity index is 1.69. The predicted octanol–water partition coefficient (Wildman–Crippen LogP) is 4.37. The van der Waals surface area contributed by atoms with Gasteiger partial charge < -0.3 is 0 Å². The molecule has 2 aliphatic rings. The van der Waals surface area contributed by atoms with Crippen LogP contribution in [0, 0.1) is 11.7 Å². The molecule has 2 aromatic carbocycles. The van der Waals surface area contributed by atoms with Gasteiger partial charge in [-0.15, -0.1) is 0 Å². The molecule has 2 heterocycles. The Morgan fingerprint density at radius 3 is 2.77 bits per heavy atom. The van der Waals surface area contributed by atoms with Crippen LogP contribution in [-0.4, -0.2) is 27.9 Å². The Bertz CT molecular complexity index is 938. The lowest BCUT2D eigenvalue weighted by atomic mass is 10.1. The van der Waals surface area contributed by atoms with Crippen LogP contribution >= 0.6 is 11.8 Å². The molecule has 4 nitrogen and oxygen atoms in total. The van der Waals surface area contributed by atoms with E-state index in [4.69, 9.17) is 4.99 Å². The number of aliphatic imine (C=N–C) groups is 2. The maximum atomic E-state index is 13.4. The highest BCUT2D eigenvalue weighted by atomic mass is 32.2. The molecule has 1 atom stereocenters. The zero-order chi connectivity index (χ0) is 18.3. The minimum Gasteiger partial charge on any atom is -0.271 e. The SMILES string of the molecule is CC(C)[C@H]1N=C2c3ccccc3N=C(SCc3cccc(F)c3)N2C1=O. The second-order valence-corrected chi connectivity index (χ2v) is 7.59. The van der Waals surface area contributed by atoms with Crippen LogP contribution in [0.4, 0.5) is 10.1 Å². The minimum atomic E-state index is -0.392. The van der Waals surface area contributed by atoms with Crippen LogP contribution in [0.25, 0.3) is 0 Å². The minimum absolute atomic E-state index is 0.0463. The lowest BCUT2D eigenvalue weighted by molar-refractivity contribution is -0.125. The molecule has 0 spiro atoms. The van der Waals surface area contributed by atoms with Gasteiger partial charge in [-0.05, 0) is 35.7 Å². The average molecular weight is 367 g/mol. The predicted molar refractivity (Wildman–Crippen MR) is 103 cm³/mol. The summed E-state index contributed by atoms with van der Waals surface area (Å²) in [5.41, 5.74) is 2.53. The molecule has 2 aliphatic heterocycles. The Labute approximate surface area is 155 Å². The van der Waals surface area contributed by atoms with E-state index in [-0.39, 0.29) is 17.6 Å². The topological polar surface area (TPSA) is 45.0 Å². The van der Waals surface area contributed by atoms with Gasteiger partial charge in [0.05, 0.1) is 5.69 Å². The molecule has 0 saturated heterocycles. The maximum absolute atomic E-state index is 13.4. The van der Waals surface area contributed by atoms with Gasteiger partial charge in [0.2, 0.25) is 0 Å². The third-order valence-electron chi connectivity index (χ3n) is 4.39. The van der Waals surface area contributed by atoms with Gasteiger partial charge in [-0.3, -0.25) is 9.79 Å². The fourth-order valence-corrected chi connectivity index (χ4v) is 4.02. The fourth-order valence-electron chi connectivity index (χ4n) is 3.08. The van der Waals surface area contributed by atoms with Crippen molar-refractivity contribution >= 4 is 34.4 Å². The standard InChI is InChI=1S/C20H18FN3OS/c1-12(2)17-19(25)24-18(23-17)15-8-3-4-9-16(15)22-20(24)26-11-13-6-5-7-14(21)10-13/h3-10,12,17H,11H2,1-2H3/t17-/m1/s1. The van der Waals surface area contributed by atoms with E-state index in [0.717, 1.165) is 16.8 Å². The number of para-hydroxylation sites is 1. The number of carbonyl (C=O) groups excluding carboxylic acids is 1. The number of amides is 1. The van der Waals surface area contributed by atoms with Crippen molar-refractivity contribution in [1.29, 1.82) is 0 Å². The van der Waals surface area contributed by atoms with E-state index in [1.807, 2.05) is 44.2 Å². The fraction of sp³-hybridized carbons (Fsp3) is 0.250. The largest absolute Gasteiger partial charge is 0.271 e. The molecule has 4 rings (SSSR count). The number of nitrogens with zero attached hydrogens (tertiary/aromatic N) is 3. The number of thioether (sulfide) groups is 1. The van der Waals surface area contributed by atoms with Crippen LogP contribution in [0.3, 0.4) is 0 Å². The van der Waals surface area contributed by atoms with Gasteiger partial charge in [0.1, 0.15) is 17.7 Å². The second-order valence-electron chi connectivity index (χ2n) is 6.65. The lowest BCUT2D eigenvalue weighted by Gasteiger charge is -2.25. The summed E-state index contributed by atoms with van der Waals surface area (Å²) in [7, 11) is 0. The molecule has 0 aliphatic carbocycles. The van der Waals surface area contributed by atoms with E-state index in [2.05, 4.69) is 4.99 Å². The molecule has 26 heavy (non-hydrogen) atoms. The van der Waals surface area contributed by atoms with E-state index in [1.165, 1.54) is 23.9 Å². The molecule has 0 unspecified atom stereocenters. The van der Waals surface area contributed by atoms with Crippen molar-refractivity contribution in [1.82, 2.24) is 4.90 Å². The summed E-state index contributed by atoms with van der Waals surface area (Å²) < 4.78 is 13.4. The van der Waals surface area contributed by atoms with Gasteiger partial charge in [-0.1, -0.05) is 49.9 Å². The molecule has 0 aromatic heterocycles. The molecule has 2 aromatic rings. The first-order valence-electron chi connectivity index (χ1n) is 8.51. The number of fused-ring (bicyclic) bond motifs is 3. The highest BCUT2D eigenvalue weighted by molar-refractivity contribution is 8.13. The van der Waals surface area contributed by atoms with Gasteiger partial charge >= 0.3 is 0 Å². The summed E-state index contributed by atoms with van der Waals surface area (Å²) in [6.07, 6.45) is 0. The van der Waals surface area contributed by atoms with Crippen LogP contribution in [-0.2, 0) is 10.5 Å². The molecular formula is C20H18FN3OS. The average Bonchev–Trinajstić information content (AvgIpc) is 2.98. The van der Waals surface area contributed by atoms with Crippen LogP contribution in [0.15, 0.2) is 58.5 Å². The van der Waals surface area contributed by atoms with E-state index in [9.17, 15) is 9.18 Å². The van der Waals surface area contributed by atoms with E-state index >= 15 is 0 Å². The summed E-state index contributed by atoms with van der Waals surface area (Å²) in [5.74, 6) is 0.999. The van der Waals surface area contributed by atoms with Crippen molar-refractivity contribution in [3.63, 3.8) is 0 Å². The van der Waals surface area contributed by atoms with Crippen molar-refractivity contribution < 1.29 is 9.18 Å². The van der Waals surface area contributed by atoms with Crippen LogP contribution in [0.2, 0.25) is 0 Å². The Kier molecular flexibility index (Phi) is 4.36. The number of amidine groups is 2. The number of rotatable bonds is 3. The van der Waals surface area contributed by atoms with E-state index < -0.39 is 6.04 Å². The number of carbonyl (C=O) groups is 1. The van der Waals surface area contributed by atoms with Crippen molar-refractivity contribution in [2.75, 3.05) is 0 Å². The molecule has 0 fully saturated rings. The Morgan fingerprint density at radius 2 is 2.00 bits per heavy atom. The first kappa shape index (κ1) is 17.0. The summed E-state index contributed by atoms with van der Waals surface area (Å²) in [4.78, 5) is 23.9. The zero-order valence-electron chi connectivity index (χ0n) is 14.5. The van der Waals surface area contributed by atoms with Crippen molar-refractivity contribution in [3.8, 4) is 0 Å². The maximum Gasteiger partial charge on any atom is 0.259 e. The van der Waals surface area contributed by atoms with Crippen LogP contribution < -0.4 is 0 Å². The molecule has 0 N–H and O–H groups in total. The molecule has 0 bridgehead atoms. The van der Waals surface area contributed by atoms with Crippen molar-refractivity contribution in [2.45, 2.75) is 25.6 Å². The molecule has 0 saturated carbocycles. The number of benzene rings is 2. The van der Waals surface area contributed by atoms with E-state index in [0.29, 0.717) is 16.8 Å². The molecule has 132 valence electrons. The summed E-state index contributed by atoms with van der Waals surface area (Å²) in [6, 6.07) is 13.8. The summed E-state index contributed by atoms with van der Waals surface area (Å²) in [5, 5.41) is 0.597. The van der Waals surface area contributed by atoms with Crippen molar-refractivity contribution in [2.24, 2.45) is 15.9 Å². The highest BCUT2D eigenvalue weighted by Crippen LogP contribution is 2.35. The number of hydrogen-bond donors (Lipinski definition) is 0. The van der Waals surface area contributed by atoms with Gasteiger partial charge in [0.15, 0.2) is 5.17 Å². The normalized spacial score (nSPS) is 18.5. The third-order valence-corrected chi connectivity index (χ3v) is 5.40. The first-order valence-corrected chi connectivity index (χ1v) is 9.50. The van der Waals surface area contributed by atoms with Gasteiger partial charge in [-0.2, -0.15) is 0 Å². The number of halogens is 1. The molecule has 6 heteroatoms. The monoisotopic (exact) mass is 367 g/mol. The smallest absolute Gasteiger partial charge is 0.259 e. The molecule has 1 amide bonds. The first-order chi connectivity index (χ1) is 12.5. The molecule has 0 radical (unpaired) electrons. The van der Waals surface area contributed by atoms with Gasteiger partial charge in [0, 0.05) is 11.3 Å². The summed E-state index contributed by atoms with van der Waals surface area (Å²) in [6.45, 7) is 3.99. The third kappa shape index (κ3) is 2.94. The lowest BCUT2D eigenvalue weighted by Crippen LogP contribution is -2.41. The summed E-state index contributed by atoms with van der Waals surface area (Å²) >= 11 is 1.42. The van der Waals surface area contributed by atoms with E-state index in [1.54, 1.807) is 11.0 Å². The second kappa shape index (κ2) is 6.68. The molecular weight excluding hydrogens is 349 g/mol. The Morgan fingerprint density at radius 1 is 1.19 bits per heavy atom.